The maximum Gasteiger partial charge on any atom is 0.269 e. The molecule has 1 saturated heterocycles. The molecule has 0 aliphatic carbocycles. The largest absolute Gasteiger partial charge is 0.354 e. The van der Waals surface area contributed by atoms with Crippen LogP contribution in [0.3, 0.4) is 0 Å². The van der Waals surface area contributed by atoms with Crippen LogP contribution in [0, 0.1) is 5.92 Å². The number of hydrogen-bond donors (Lipinski definition) is 3. The first kappa shape index (κ1) is 15.4. The summed E-state index contributed by atoms with van der Waals surface area (Å²) in [5, 5.41) is 8.76. The lowest BCUT2D eigenvalue weighted by Crippen LogP contribution is -2.33. The van der Waals surface area contributed by atoms with Crippen LogP contribution in [0.15, 0.2) is 18.3 Å². The first-order valence-corrected chi connectivity index (χ1v) is 7.37. The van der Waals surface area contributed by atoms with Crippen LogP contribution in [-0.2, 0) is 0 Å². The average molecular weight is 290 g/mol. The van der Waals surface area contributed by atoms with Crippen LogP contribution in [-0.4, -0.2) is 43.5 Å². The van der Waals surface area contributed by atoms with Crippen LogP contribution in [0.5, 0.6) is 0 Å². The number of nitrogens with one attached hydrogen (secondary N) is 3. The van der Waals surface area contributed by atoms with E-state index in [1.54, 1.807) is 6.07 Å². The molecule has 2 rings (SSSR count). The van der Waals surface area contributed by atoms with E-state index in [2.05, 4.69) is 20.9 Å². The van der Waals surface area contributed by atoms with Gasteiger partial charge in [0.05, 0.1) is 0 Å². The normalized spacial score (nSPS) is 18.0. The summed E-state index contributed by atoms with van der Waals surface area (Å²) in [6.07, 6.45) is 4.88. The molecule has 1 aliphatic heterocycles. The van der Waals surface area contributed by atoms with Crippen molar-refractivity contribution in [1.29, 1.82) is 0 Å². The second-order valence-electron chi connectivity index (χ2n) is 5.27. The molecule has 6 heteroatoms. The predicted molar refractivity (Wildman–Crippen MR) is 80.2 cm³/mol. The van der Waals surface area contributed by atoms with E-state index in [1.807, 2.05) is 0 Å². The number of carbonyl (C=O) groups is 2. The lowest BCUT2D eigenvalue weighted by Gasteiger charge is -2.22. The second kappa shape index (κ2) is 7.73. The van der Waals surface area contributed by atoms with Gasteiger partial charge in [0.15, 0.2) is 0 Å². The highest BCUT2D eigenvalue weighted by Crippen LogP contribution is 2.13. The lowest BCUT2D eigenvalue weighted by molar-refractivity contribution is 0.0950. The molecule has 2 heterocycles. The summed E-state index contributed by atoms with van der Waals surface area (Å²) >= 11 is 0. The maximum absolute atomic E-state index is 12.1. The molecule has 1 aliphatic rings. The van der Waals surface area contributed by atoms with Crippen molar-refractivity contribution in [2.75, 3.05) is 26.7 Å². The van der Waals surface area contributed by atoms with Gasteiger partial charge in [-0.15, -0.1) is 0 Å². The van der Waals surface area contributed by atoms with E-state index in [4.69, 9.17) is 0 Å². The topological polar surface area (TPSA) is 83.1 Å². The molecule has 0 aromatic carbocycles. The summed E-state index contributed by atoms with van der Waals surface area (Å²) in [7, 11) is 1.54. The molecule has 1 aromatic heterocycles. The summed E-state index contributed by atoms with van der Waals surface area (Å²) in [6, 6.07) is 3.13. The third-order valence-corrected chi connectivity index (χ3v) is 3.72. The van der Waals surface area contributed by atoms with Crippen molar-refractivity contribution in [2.45, 2.75) is 19.3 Å². The van der Waals surface area contributed by atoms with Gasteiger partial charge in [-0.2, -0.15) is 0 Å². The Labute approximate surface area is 124 Å². The first-order chi connectivity index (χ1) is 10.2. The Morgan fingerprint density at radius 1 is 1.43 bits per heavy atom. The number of carbonyl (C=O) groups excluding carboxylic acids is 2. The van der Waals surface area contributed by atoms with E-state index in [1.165, 1.54) is 32.2 Å². The SMILES string of the molecule is CNC(=O)c1cc(C(=O)NCCC2CCCNC2)ccn1. The van der Waals surface area contributed by atoms with E-state index in [-0.39, 0.29) is 17.5 Å². The van der Waals surface area contributed by atoms with Gasteiger partial charge in [0.25, 0.3) is 11.8 Å². The van der Waals surface area contributed by atoms with Crippen molar-refractivity contribution in [3.05, 3.63) is 29.6 Å². The molecule has 1 fully saturated rings. The van der Waals surface area contributed by atoms with Gasteiger partial charge in [-0.05, 0) is 50.4 Å². The van der Waals surface area contributed by atoms with Crippen molar-refractivity contribution in [2.24, 2.45) is 5.92 Å². The number of piperidine rings is 1. The number of hydrogen-bond acceptors (Lipinski definition) is 4. The summed E-state index contributed by atoms with van der Waals surface area (Å²) in [6.45, 7) is 2.79. The quantitative estimate of drug-likeness (QED) is 0.740. The van der Waals surface area contributed by atoms with Gasteiger partial charge in [-0.1, -0.05) is 0 Å². The van der Waals surface area contributed by atoms with Crippen LogP contribution in [0.25, 0.3) is 0 Å². The van der Waals surface area contributed by atoms with Crippen molar-refractivity contribution >= 4 is 11.8 Å². The molecule has 114 valence electrons. The average Bonchev–Trinajstić information content (AvgIpc) is 2.55. The monoisotopic (exact) mass is 290 g/mol. The van der Waals surface area contributed by atoms with Crippen LogP contribution >= 0.6 is 0 Å². The molecule has 1 unspecified atom stereocenters. The molecular formula is C15H22N4O2. The highest BCUT2D eigenvalue weighted by molar-refractivity contribution is 5.98. The Morgan fingerprint density at radius 3 is 3.00 bits per heavy atom. The van der Waals surface area contributed by atoms with Crippen molar-refractivity contribution in [3.63, 3.8) is 0 Å². The number of pyridine rings is 1. The first-order valence-electron chi connectivity index (χ1n) is 7.37. The molecule has 1 aromatic rings. The minimum absolute atomic E-state index is 0.161. The lowest BCUT2D eigenvalue weighted by atomic mass is 9.96. The van der Waals surface area contributed by atoms with Crippen LogP contribution in [0.2, 0.25) is 0 Å². The zero-order chi connectivity index (χ0) is 15.1. The van der Waals surface area contributed by atoms with Gasteiger partial charge < -0.3 is 16.0 Å². The number of nitrogens with zero attached hydrogens (tertiary/aromatic N) is 1. The van der Waals surface area contributed by atoms with Crippen LogP contribution < -0.4 is 16.0 Å². The Morgan fingerprint density at radius 2 is 2.29 bits per heavy atom. The molecule has 2 amide bonds. The molecular weight excluding hydrogens is 268 g/mol. The Kier molecular flexibility index (Phi) is 5.68. The van der Waals surface area contributed by atoms with Gasteiger partial charge in [-0.25, -0.2) is 0 Å². The van der Waals surface area contributed by atoms with Gasteiger partial charge in [0, 0.05) is 25.4 Å². The number of aromatic nitrogens is 1. The fourth-order valence-corrected chi connectivity index (χ4v) is 2.49. The minimum atomic E-state index is -0.294. The van der Waals surface area contributed by atoms with E-state index in [0.717, 1.165) is 19.5 Å². The fourth-order valence-electron chi connectivity index (χ4n) is 2.49. The Hall–Kier alpha value is -1.95. The highest BCUT2D eigenvalue weighted by Gasteiger charge is 2.14. The highest BCUT2D eigenvalue weighted by atomic mass is 16.2. The van der Waals surface area contributed by atoms with Gasteiger partial charge in [-0.3, -0.25) is 14.6 Å². The maximum atomic E-state index is 12.1. The number of rotatable bonds is 5. The third kappa shape index (κ3) is 4.53. The van der Waals surface area contributed by atoms with Crippen LogP contribution in [0.4, 0.5) is 0 Å². The summed E-state index contributed by atoms with van der Waals surface area (Å²) in [4.78, 5) is 27.5. The van der Waals surface area contributed by atoms with E-state index < -0.39 is 0 Å². The third-order valence-electron chi connectivity index (χ3n) is 3.72. The molecule has 1 atom stereocenters. The van der Waals surface area contributed by atoms with Gasteiger partial charge in [0.2, 0.25) is 0 Å². The molecule has 0 spiro atoms. The molecule has 0 bridgehead atoms. The predicted octanol–water partition coefficient (Wildman–Crippen LogP) is 0.561. The van der Waals surface area contributed by atoms with Crippen LogP contribution in [0.1, 0.15) is 40.1 Å². The zero-order valence-corrected chi connectivity index (χ0v) is 12.3. The van der Waals surface area contributed by atoms with E-state index in [9.17, 15) is 9.59 Å². The minimum Gasteiger partial charge on any atom is -0.354 e. The molecule has 0 radical (unpaired) electrons. The Balaban J connectivity index is 1.83. The second-order valence-corrected chi connectivity index (χ2v) is 5.27. The molecule has 6 nitrogen and oxygen atoms in total. The van der Waals surface area contributed by atoms with Gasteiger partial charge >= 0.3 is 0 Å². The standard InChI is InChI=1S/C15H22N4O2/c1-16-15(21)13-9-12(5-8-18-13)14(20)19-7-4-11-3-2-6-17-10-11/h5,8-9,11,17H,2-4,6-7,10H2,1H3,(H,16,21)(H,19,20). The van der Waals surface area contributed by atoms with E-state index >= 15 is 0 Å². The fraction of sp³-hybridized carbons (Fsp3) is 0.533. The summed E-state index contributed by atoms with van der Waals surface area (Å²) in [5.74, 6) is 0.183. The molecule has 21 heavy (non-hydrogen) atoms. The summed E-state index contributed by atoms with van der Waals surface area (Å²) in [5.41, 5.74) is 0.715. The summed E-state index contributed by atoms with van der Waals surface area (Å²) < 4.78 is 0. The molecule has 3 N–H and O–H groups in total. The van der Waals surface area contributed by atoms with Gasteiger partial charge in [0.1, 0.15) is 5.69 Å². The van der Waals surface area contributed by atoms with Crippen molar-refractivity contribution in [3.8, 4) is 0 Å². The smallest absolute Gasteiger partial charge is 0.269 e. The zero-order valence-electron chi connectivity index (χ0n) is 12.3. The number of amides is 2. The van der Waals surface area contributed by atoms with Crippen molar-refractivity contribution in [1.82, 2.24) is 20.9 Å². The van der Waals surface area contributed by atoms with Crippen molar-refractivity contribution < 1.29 is 9.59 Å². The Bertz CT molecular complexity index is 498. The molecule has 0 saturated carbocycles. The van der Waals surface area contributed by atoms with E-state index in [0.29, 0.717) is 18.0 Å².